The second-order valence-corrected chi connectivity index (χ2v) is 11.0. The molecule has 3 aliphatic carbocycles. The van der Waals surface area contributed by atoms with Crippen LogP contribution in [0.1, 0.15) is 44.4 Å². The van der Waals surface area contributed by atoms with Gasteiger partial charge in [0.2, 0.25) is 11.8 Å². The van der Waals surface area contributed by atoms with E-state index in [9.17, 15) is 19.2 Å². The molecule has 220 valence electrons. The van der Waals surface area contributed by atoms with Gasteiger partial charge in [-0.05, 0) is 46.5 Å². The van der Waals surface area contributed by atoms with Crippen LogP contribution < -0.4 is 19.7 Å². The van der Waals surface area contributed by atoms with E-state index in [2.05, 4.69) is 5.32 Å². The third-order valence-corrected chi connectivity index (χ3v) is 8.83. The number of amides is 3. The molecule has 4 aliphatic rings. The van der Waals surface area contributed by atoms with Gasteiger partial charge in [0.05, 0.1) is 43.0 Å². The number of methoxy groups -OCH3 is 2. The maximum absolute atomic E-state index is 14.2. The summed E-state index contributed by atoms with van der Waals surface area (Å²) in [5, 5.41) is 2.65. The molecule has 8 rings (SSSR count). The first-order valence-corrected chi connectivity index (χ1v) is 14.3. The topological polar surface area (TPSA) is 111 Å². The Labute approximate surface area is 253 Å². The summed E-state index contributed by atoms with van der Waals surface area (Å²) in [6.45, 7) is -0.602. The largest absolute Gasteiger partial charge is 0.497 e. The summed E-state index contributed by atoms with van der Waals surface area (Å²) in [4.78, 5) is 55.6. The molecule has 1 fully saturated rings. The normalized spacial score (nSPS) is 20.8. The van der Waals surface area contributed by atoms with Gasteiger partial charge in [-0.1, -0.05) is 60.7 Å². The standard InChI is InChI=1S/C35H28N2O7/c1-42-19-15-16-27(43-2)25(17-19)36-28(38)18-44-35(41)24-13-7-8-14-26(24)37-33(39)31-29-20-9-3-4-10-21(20)30(32(31)34(37)40)23-12-6-5-11-22(23)29/h3-17,29-32H,18H2,1-2H3,(H,36,38)/t29?,30?,31-,32-/m1/s1. The molecule has 2 bridgehead atoms. The van der Waals surface area contributed by atoms with Crippen LogP contribution in [0.2, 0.25) is 0 Å². The molecule has 1 aliphatic heterocycles. The minimum Gasteiger partial charge on any atom is -0.497 e. The van der Waals surface area contributed by atoms with E-state index < -0.39 is 30.3 Å². The Balaban J connectivity index is 1.15. The third kappa shape index (κ3) is 4.15. The van der Waals surface area contributed by atoms with Crippen LogP contribution in [0.15, 0.2) is 91.0 Å². The van der Waals surface area contributed by atoms with Crippen molar-refractivity contribution in [3.8, 4) is 11.5 Å². The lowest BCUT2D eigenvalue weighted by Gasteiger charge is -2.45. The molecule has 1 heterocycles. The van der Waals surface area contributed by atoms with Crippen LogP contribution >= 0.6 is 0 Å². The van der Waals surface area contributed by atoms with Crippen molar-refractivity contribution in [2.45, 2.75) is 11.8 Å². The van der Waals surface area contributed by atoms with Crippen LogP contribution in [0.5, 0.6) is 11.5 Å². The van der Waals surface area contributed by atoms with Gasteiger partial charge in [0.1, 0.15) is 11.5 Å². The van der Waals surface area contributed by atoms with Crippen molar-refractivity contribution in [3.63, 3.8) is 0 Å². The molecule has 1 N–H and O–H groups in total. The van der Waals surface area contributed by atoms with Crippen LogP contribution in [0.3, 0.4) is 0 Å². The van der Waals surface area contributed by atoms with Gasteiger partial charge in [-0.3, -0.25) is 14.4 Å². The number of hydrogen-bond acceptors (Lipinski definition) is 7. The summed E-state index contributed by atoms with van der Waals surface area (Å²) in [6, 6.07) is 27.2. The number of imide groups is 1. The molecule has 4 aromatic rings. The predicted octanol–water partition coefficient (Wildman–Crippen LogP) is 4.90. The fourth-order valence-corrected chi connectivity index (χ4v) is 7.06. The number of anilines is 2. The number of nitrogens with one attached hydrogen (secondary N) is 1. The number of rotatable bonds is 7. The van der Waals surface area contributed by atoms with Crippen molar-refractivity contribution in [2.75, 3.05) is 31.0 Å². The van der Waals surface area contributed by atoms with Crippen molar-refractivity contribution in [1.29, 1.82) is 0 Å². The Morgan fingerprint density at radius 1 is 0.727 bits per heavy atom. The van der Waals surface area contributed by atoms with Crippen molar-refractivity contribution in [1.82, 2.24) is 0 Å². The molecule has 2 atom stereocenters. The fourth-order valence-electron chi connectivity index (χ4n) is 7.06. The van der Waals surface area contributed by atoms with Crippen molar-refractivity contribution in [3.05, 3.63) is 119 Å². The van der Waals surface area contributed by atoms with Crippen LogP contribution in [-0.4, -0.2) is 44.5 Å². The highest BCUT2D eigenvalue weighted by molar-refractivity contribution is 6.25. The molecule has 9 heteroatoms. The van der Waals surface area contributed by atoms with Gasteiger partial charge >= 0.3 is 5.97 Å². The monoisotopic (exact) mass is 588 g/mol. The zero-order valence-corrected chi connectivity index (χ0v) is 24.0. The average molecular weight is 589 g/mol. The molecule has 44 heavy (non-hydrogen) atoms. The quantitative estimate of drug-likeness (QED) is 0.242. The molecule has 0 spiro atoms. The van der Waals surface area contributed by atoms with Crippen molar-refractivity contribution in [2.24, 2.45) is 11.8 Å². The van der Waals surface area contributed by atoms with E-state index >= 15 is 0 Å². The third-order valence-electron chi connectivity index (χ3n) is 8.83. The summed E-state index contributed by atoms with van der Waals surface area (Å²) in [7, 11) is 2.97. The molecule has 1 saturated heterocycles. The Kier molecular flexibility index (Phi) is 6.65. The highest BCUT2D eigenvalue weighted by Crippen LogP contribution is 2.61. The number of para-hydroxylation sites is 1. The van der Waals surface area contributed by atoms with Gasteiger partial charge in [-0.15, -0.1) is 0 Å². The molecule has 4 aromatic carbocycles. The number of benzene rings is 4. The molecule has 0 unspecified atom stereocenters. The second kappa shape index (κ2) is 10.7. The lowest BCUT2D eigenvalue weighted by Crippen LogP contribution is -2.41. The Morgan fingerprint density at radius 2 is 1.27 bits per heavy atom. The minimum absolute atomic E-state index is 0.0157. The number of esters is 1. The van der Waals surface area contributed by atoms with Crippen LogP contribution in [0.4, 0.5) is 11.4 Å². The van der Waals surface area contributed by atoms with Gasteiger partial charge in [0.25, 0.3) is 5.91 Å². The molecule has 3 amide bonds. The van der Waals surface area contributed by atoms with E-state index in [1.165, 1.54) is 20.3 Å². The maximum Gasteiger partial charge on any atom is 0.340 e. The molecular weight excluding hydrogens is 560 g/mol. The molecule has 0 aromatic heterocycles. The van der Waals surface area contributed by atoms with E-state index in [-0.39, 0.29) is 34.9 Å². The number of ether oxygens (including phenoxy) is 3. The highest BCUT2D eigenvalue weighted by Gasteiger charge is 2.62. The fraction of sp³-hybridized carbons (Fsp3) is 0.200. The second-order valence-electron chi connectivity index (χ2n) is 11.0. The smallest absolute Gasteiger partial charge is 0.340 e. The zero-order chi connectivity index (χ0) is 30.5. The van der Waals surface area contributed by atoms with E-state index in [0.717, 1.165) is 27.2 Å². The van der Waals surface area contributed by atoms with Gasteiger partial charge in [-0.25, -0.2) is 9.69 Å². The first-order chi connectivity index (χ1) is 21.4. The number of carbonyl (C=O) groups is 4. The van der Waals surface area contributed by atoms with E-state index in [0.29, 0.717) is 17.2 Å². The first-order valence-electron chi connectivity index (χ1n) is 14.3. The number of hydrogen-bond donors (Lipinski definition) is 1. The lowest BCUT2D eigenvalue weighted by atomic mass is 9.55. The van der Waals surface area contributed by atoms with Crippen molar-refractivity contribution < 1.29 is 33.4 Å². The molecule has 0 radical (unpaired) electrons. The zero-order valence-electron chi connectivity index (χ0n) is 24.0. The first kappa shape index (κ1) is 27.4. The van der Waals surface area contributed by atoms with Crippen LogP contribution in [-0.2, 0) is 19.1 Å². The number of nitrogens with zero attached hydrogens (tertiary/aromatic N) is 1. The SMILES string of the molecule is COc1ccc(OC)c(NC(=O)COC(=O)c2ccccc2N2C(=O)[C@@H]3C4c5ccccc5C(c5ccccc54)[C@H]3C2=O)c1. The molecule has 9 nitrogen and oxygen atoms in total. The summed E-state index contributed by atoms with van der Waals surface area (Å²) >= 11 is 0. The molecular formula is C35H28N2O7. The Bertz CT molecular complexity index is 1740. The summed E-state index contributed by atoms with van der Waals surface area (Å²) < 4.78 is 15.9. The summed E-state index contributed by atoms with van der Waals surface area (Å²) in [5.74, 6) is -2.94. The number of carbonyl (C=O) groups excluding carboxylic acids is 4. The lowest BCUT2D eigenvalue weighted by molar-refractivity contribution is -0.122. The summed E-state index contributed by atoms with van der Waals surface area (Å²) in [6.07, 6.45) is 0. The van der Waals surface area contributed by atoms with E-state index in [1.807, 2.05) is 48.5 Å². The van der Waals surface area contributed by atoms with Gasteiger partial charge in [-0.2, -0.15) is 0 Å². The minimum atomic E-state index is -0.835. The predicted molar refractivity (Wildman–Crippen MR) is 161 cm³/mol. The van der Waals surface area contributed by atoms with Gasteiger partial charge in [0, 0.05) is 17.9 Å². The van der Waals surface area contributed by atoms with Gasteiger partial charge in [0.15, 0.2) is 6.61 Å². The van der Waals surface area contributed by atoms with E-state index in [1.54, 1.807) is 36.4 Å². The highest BCUT2D eigenvalue weighted by atomic mass is 16.5. The molecule has 0 saturated carbocycles. The van der Waals surface area contributed by atoms with E-state index in [4.69, 9.17) is 14.2 Å². The Morgan fingerprint density at radius 3 is 1.82 bits per heavy atom. The van der Waals surface area contributed by atoms with Crippen LogP contribution in [0, 0.1) is 11.8 Å². The van der Waals surface area contributed by atoms with Gasteiger partial charge < -0.3 is 19.5 Å². The maximum atomic E-state index is 14.2. The average Bonchev–Trinajstić information content (AvgIpc) is 3.33. The Hall–Kier alpha value is -5.44. The van der Waals surface area contributed by atoms with Crippen molar-refractivity contribution >= 4 is 35.1 Å². The summed E-state index contributed by atoms with van der Waals surface area (Å²) in [5.41, 5.74) is 4.75. The van der Waals surface area contributed by atoms with Crippen LogP contribution in [0.25, 0.3) is 0 Å².